The molecule has 0 radical (unpaired) electrons. The first-order valence-corrected chi connectivity index (χ1v) is 7.48. The Morgan fingerprint density at radius 1 is 1.18 bits per heavy atom. The van der Waals surface area contributed by atoms with Gasteiger partial charge >= 0.3 is 0 Å². The van der Waals surface area contributed by atoms with Gasteiger partial charge in [0.25, 0.3) is 5.91 Å². The van der Waals surface area contributed by atoms with Crippen LogP contribution in [0.2, 0.25) is 0 Å². The van der Waals surface area contributed by atoms with Crippen molar-refractivity contribution in [3.05, 3.63) is 41.1 Å². The minimum atomic E-state index is -0.539. The van der Waals surface area contributed by atoms with Gasteiger partial charge in [0.1, 0.15) is 5.69 Å². The van der Waals surface area contributed by atoms with Crippen LogP contribution in [-0.2, 0) is 0 Å². The summed E-state index contributed by atoms with van der Waals surface area (Å²) in [6, 6.07) is 7.71. The van der Waals surface area contributed by atoms with Crippen LogP contribution in [0.1, 0.15) is 35.5 Å². The molecule has 0 aliphatic carbocycles. The summed E-state index contributed by atoms with van der Waals surface area (Å²) in [5.74, 6) is -0.000400. The molecule has 1 aromatic carbocycles. The lowest BCUT2D eigenvalue weighted by Gasteiger charge is -2.20. The second kappa shape index (κ2) is 6.56. The van der Waals surface area contributed by atoms with E-state index in [2.05, 4.69) is 23.0 Å². The van der Waals surface area contributed by atoms with Gasteiger partial charge in [0.15, 0.2) is 0 Å². The Labute approximate surface area is 131 Å². The molecule has 1 aromatic heterocycles. The lowest BCUT2D eigenvalue weighted by Crippen LogP contribution is -2.26. The summed E-state index contributed by atoms with van der Waals surface area (Å²) >= 11 is 0. The van der Waals surface area contributed by atoms with E-state index in [4.69, 9.17) is 5.73 Å². The number of nitrogens with zero attached hydrogens (tertiary/aromatic N) is 3. The second-order valence-electron chi connectivity index (χ2n) is 5.22. The van der Waals surface area contributed by atoms with Gasteiger partial charge in [-0.2, -0.15) is 0 Å². The summed E-state index contributed by atoms with van der Waals surface area (Å²) < 4.78 is 0. The average molecular weight is 298 g/mol. The van der Waals surface area contributed by atoms with Crippen molar-refractivity contribution in [3.63, 3.8) is 0 Å². The van der Waals surface area contributed by atoms with Gasteiger partial charge in [-0.15, -0.1) is 0 Å². The predicted molar refractivity (Wildman–Crippen MR) is 89.0 cm³/mol. The molecule has 5 heteroatoms. The highest BCUT2D eigenvalue weighted by Crippen LogP contribution is 2.26. The summed E-state index contributed by atoms with van der Waals surface area (Å²) in [6.45, 7) is 9.70. The predicted octanol–water partition coefficient (Wildman–Crippen LogP) is 2.71. The summed E-state index contributed by atoms with van der Waals surface area (Å²) in [4.78, 5) is 22.5. The molecule has 1 amide bonds. The van der Waals surface area contributed by atoms with E-state index in [0.717, 1.165) is 29.9 Å². The van der Waals surface area contributed by atoms with Crippen LogP contribution < -0.4 is 10.6 Å². The molecule has 22 heavy (non-hydrogen) atoms. The molecular formula is C17H22N4O. The van der Waals surface area contributed by atoms with Crippen molar-refractivity contribution in [2.75, 3.05) is 18.0 Å². The highest BCUT2D eigenvalue weighted by atomic mass is 16.1. The Bertz CT molecular complexity index is 693. The number of aromatic nitrogens is 2. The van der Waals surface area contributed by atoms with Crippen LogP contribution in [0.5, 0.6) is 0 Å². The van der Waals surface area contributed by atoms with Gasteiger partial charge < -0.3 is 10.6 Å². The smallest absolute Gasteiger partial charge is 0.267 e. The number of primary amides is 1. The second-order valence-corrected chi connectivity index (χ2v) is 5.22. The molecule has 2 N–H and O–H groups in total. The molecule has 0 saturated heterocycles. The maximum Gasteiger partial charge on any atom is 0.267 e. The fourth-order valence-corrected chi connectivity index (χ4v) is 2.38. The SMILES string of the molecule is CCN(CC)c1nc(C(N)=O)cc(-c2cccc(C)c2C)n1. The van der Waals surface area contributed by atoms with Crippen molar-refractivity contribution in [2.24, 2.45) is 5.73 Å². The third kappa shape index (κ3) is 3.08. The average Bonchev–Trinajstić information content (AvgIpc) is 2.51. The highest BCUT2D eigenvalue weighted by Gasteiger charge is 2.15. The van der Waals surface area contributed by atoms with E-state index in [0.29, 0.717) is 5.95 Å². The Morgan fingerprint density at radius 2 is 1.86 bits per heavy atom. The zero-order valence-corrected chi connectivity index (χ0v) is 13.6. The van der Waals surface area contributed by atoms with E-state index in [1.165, 1.54) is 5.56 Å². The van der Waals surface area contributed by atoms with Crippen molar-refractivity contribution in [1.82, 2.24) is 9.97 Å². The van der Waals surface area contributed by atoms with Crippen LogP contribution in [0.25, 0.3) is 11.3 Å². The first kappa shape index (κ1) is 15.9. The molecule has 0 bridgehead atoms. The van der Waals surface area contributed by atoms with Crippen LogP contribution in [0, 0.1) is 13.8 Å². The van der Waals surface area contributed by atoms with Crippen LogP contribution in [0.15, 0.2) is 24.3 Å². The quantitative estimate of drug-likeness (QED) is 0.921. The molecule has 5 nitrogen and oxygen atoms in total. The maximum atomic E-state index is 11.6. The first-order valence-electron chi connectivity index (χ1n) is 7.48. The van der Waals surface area contributed by atoms with E-state index in [1.54, 1.807) is 6.07 Å². The molecule has 0 fully saturated rings. The van der Waals surface area contributed by atoms with Crippen molar-refractivity contribution >= 4 is 11.9 Å². The number of rotatable bonds is 5. The Balaban J connectivity index is 2.65. The van der Waals surface area contributed by atoms with E-state index in [9.17, 15) is 4.79 Å². The van der Waals surface area contributed by atoms with Gasteiger partial charge in [0.2, 0.25) is 5.95 Å². The molecule has 116 valence electrons. The molecule has 0 aliphatic heterocycles. The molecule has 0 saturated carbocycles. The van der Waals surface area contributed by atoms with E-state index >= 15 is 0 Å². The van der Waals surface area contributed by atoms with Gasteiger partial charge in [-0.25, -0.2) is 9.97 Å². The van der Waals surface area contributed by atoms with Gasteiger partial charge in [0, 0.05) is 18.7 Å². The maximum absolute atomic E-state index is 11.6. The summed E-state index contributed by atoms with van der Waals surface area (Å²) in [5.41, 5.74) is 9.73. The fourth-order valence-electron chi connectivity index (χ4n) is 2.38. The minimum absolute atomic E-state index is 0.243. The van der Waals surface area contributed by atoms with Crippen molar-refractivity contribution in [1.29, 1.82) is 0 Å². The number of aryl methyl sites for hydroxylation is 1. The largest absolute Gasteiger partial charge is 0.364 e. The summed E-state index contributed by atoms with van der Waals surface area (Å²) in [5, 5.41) is 0. The third-order valence-electron chi connectivity index (χ3n) is 3.89. The molecule has 1 heterocycles. The zero-order chi connectivity index (χ0) is 16.3. The Hall–Kier alpha value is -2.43. The van der Waals surface area contributed by atoms with Crippen molar-refractivity contribution in [2.45, 2.75) is 27.7 Å². The first-order chi connectivity index (χ1) is 10.5. The molecule has 0 aliphatic rings. The Morgan fingerprint density at radius 3 is 2.45 bits per heavy atom. The minimum Gasteiger partial charge on any atom is -0.364 e. The van der Waals surface area contributed by atoms with Crippen LogP contribution in [0.3, 0.4) is 0 Å². The molecule has 2 rings (SSSR count). The van der Waals surface area contributed by atoms with E-state index < -0.39 is 5.91 Å². The Kier molecular flexibility index (Phi) is 4.75. The number of nitrogens with two attached hydrogens (primary N) is 1. The van der Waals surface area contributed by atoms with Gasteiger partial charge in [0.05, 0.1) is 5.69 Å². The number of amides is 1. The zero-order valence-electron chi connectivity index (χ0n) is 13.6. The molecule has 2 aromatic rings. The normalized spacial score (nSPS) is 10.5. The molecule has 0 atom stereocenters. The van der Waals surface area contributed by atoms with E-state index in [1.807, 2.05) is 37.8 Å². The lowest BCUT2D eigenvalue weighted by molar-refractivity contribution is 0.0995. The molecular weight excluding hydrogens is 276 g/mol. The van der Waals surface area contributed by atoms with Gasteiger partial charge in [-0.1, -0.05) is 18.2 Å². The topological polar surface area (TPSA) is 72.1 Å². The van der Waals surface area contributed by atoms with Crippen LogP contribution in [-0.4, -0.2) is 29.0 Å². The number of carbonyl (C=O) groups excluding carboxylic acids is 1. The number of benzene rings is 1. The number of hydrogen-bond donors (Lipinski definition) is 1. The molecule has 0 unspecified atom stereocenters. The summed E-state index contributed by atoms with van der Waals surface area (Å²) in [7, 11) is 0. The lowest BCUT2D eigenvalue weighted by atomic mass is 10.0. The highest BCUT2D eigenvalue weighted by molar-refractivity contribution is 5.92. The molecule has 0 spiro atoms. The number of anilines is 1. The third-order valence-corrected chi connectivity index (χ3v) is 3.89. The summed E-state index contributed by atoms with van der Waals surface area (Å²) in [6.07, 6.45) is 0. The fraction of sp³-hybridized carbons (Fsp3) is 0.353. The van der Waals surface area contributed by atoms with Crippen LogP contribution >= 0.6 is 0 Å². The standard InChI is InChI=1S/C17H22N4O/c1-5-21(6-2)17-19-14(10-15(20-17)16(18)22)13-9-7-8-11(3)12(13)4/h7-10H,5-6H2,1-4H3,(H2,18,22). The monoisotopic (exact) mass is 298 g/mol. The van der Waals surface area contributed by atoms with Gasteiger partial charge in [-0.05, 0) is 44.9 Å². The van der Waals surface area contributed by atoms with Crippen molar-refractivity contribution in [3.8, 4) is 11.3 Å². The van der Waals surface area contributed by atoms with E-state index in [-0.39, 0.29) is 5.69 Å². The number of hydrogen-bond acceptors (Lipinski definition) is 4. The van der Waals surface area contributed by atoms with Crippen molar-refractivity contribution < 1.29 is 4.79 Å². The number of carbonyl (C=O) groups is 1. The van der Waals surface area contributed by atoms with Gasteiger partial charge in [-0.3, -0.25) is 4.79 Å². The van der Waals surface area contributed by atoms with Crippen LogP contribution in [0.4, 0.5) is 5.95 Å².